The van der Waals surface area contributed by atoms with Gasteiger partial charge in [-0.05, 0) is 18.9 Å². The van der Waals surface area contributed by atoms with E-state index in [2.05, 4.69) is 10.9 Å². The minimum atomic E-state index is -0.187. The molecule has 1 aliphatic rings. The van der Waals surface area contributed by atoms with Gasteiger partial charge >= 0.3 is 0 Å². The van der Waals surface area contributed by atoms with Gasteiger partial charge in [-0.3, -0.25) is 4.79 Å². The molecule has 0 aromatic carbocycles. The van der Waals surface area contributed by atoms with E-state index in [9.17, 15) is 4.79 Å². The van der Waals surface area contributed by atoms with Gasteiger partial charge in [-0.25, -0.2) is 0 Å². The molecule has 2 nitrogen and oxygen atoms in total. The van der Waals surface area contributed by atoms with Crippen molar-refractivity contribution in [3.63, 3.8) is 0 Å². The molecular formula is C6H5NO. The van der Waals surface area contributed by atoms with Crippen molar-refractivity contribution < 1.29 is 4.79 Å². The topological polar surface area (TPSA) is 29.4 Å². The Kier molecular flexibility index (Phi) is 1.10. The maximum atomic E-state index is 10.5. The molecule has 1 rings (SSSR count). The Balaban J connectivity index is 3.03. The molecule has 2 heteroatoms. The van der Waals surface area contributed by atoms with E-state index in [4.69, 9.17) is 0 Å². The predicted molar refractivity (Wildman–Crippen MR) is 30.8 cm³/mol. The van der Waals surface area contributed by atoms with Gasteiger partial charge < -0.3 is 0 Å². The van der Waals surface area contributed by atoms with Gasteiger partial charge in [-0.15, -0.1) is 0 Å². The molecule has 1 amide bonds. The van der Waals surface area contributed by atoms with E-state index in [0.717, 1.165) is 0 Å². The SMILES string of the molecule is CC1=CC=C=NC1=O. The average Bonchev–Trinajstić information content (AvgIpc) is 1.77. The number of aliphatic imine (C=N–C) groups is 1. The summed E-state index contributed by atoms with van der Waals surface area (Å²) in [5.74, 6) is 2.25. The van der Waals surface area contributed by atoms with Crippen LogP contribution in [-0.2, 0) is 4.79 Å². The molecule has 0 saturated heterocycles. The van der Waals surface area contributed by atoms with Gasteiger partial charge in [0.1, 0.15) is 0 Å². The zero-order chi connectivity index (χ0) is 5.98. The zero-order valence-electron chi connectivity index (χ0n) is 4.51. The van der Waals surface area contributed by atoms with E-state index in [-0.39, 0.29) is 5.91 Å². The summed E-state index contributed by atoms with van der Waals surface area (Å²) < 4.78 is 0. The van der Waals surface area contributed by atoms with Crippen LogP contribution in [0.3, 0.4) is 0 Å². The van der Waals surface area contributed by atoms with Crippen LogP contribution in [0.25, 0.3) is 0 Å². The van der Waals surface area contributed by atoms with Crippen LogP contribution in [-0.4, -0.2) is 11.8 Å². The smallest absolute Gasteiger partial charge is 0.266 e. The first kappa shape index (κ1) is 5.01. The standard InChI is InChI=1S/C6H5NO/c1-5-3-2-4-7-6(5)8/h2-3H,1H3. The third-order valence-corrected chi connectivity index (χ3v) is 0.911. The number of nitrogens with zero attached hydrogens (tertiary/aromatic N) is 1. The molecule has 0 spiro atoms. The van der Waals surface area contributed by atoms with E-state index in [1.54, 1.807) is 19.1 Å². The van der Waals surface area contributed by atoms with Crippen LogP contribution >= 0.6 is 0 Å². The Bertz CT molecular complexity index is 207. The minimum absolute atomic E-state index is 0.187. The molecule has 0 bridgehead atoms. The Morgan fingerprint density at radius 2 is 2.50 bits per heavy atom. The first-order valence-electron chi connectivity index (χ1n) is 2.31. The number of carbonyl (C=O) groups excluding carboxylic acids is 1. The van der Waals surface area contributed by atoms with Gasteiger partial charge in [0.2, 0.25) is 0 Å². The summed E-state index contributed by atoms with van der Waals surface area (Å²) in [7, 11) is 0. The molecule has 0 radical (unpaired) electrons. The van der Waals surface area contributed by atoms with Crippen LogP contribution in [0, 0.1) is 0 Å². The molecule has 0 unspecified atom stereocenters. The number of hydrogen-bond donors (Lipinski definition) is 0. The zero-order valence-corrected chi connectivity index (χ0v) is 4.51. The highest BCUT2D eigenvalue weighted by Gasteiger charge is 1.99. The van der Waals surface area contributed by atoms with Crippen molar-refractivity contribution in [2.75, 3.05) is 0 Å². The van der Waals surface area contributed by atoms with E-state index in [0.29, 0.717) is 5.57 Å². The summed E-state index contributed by atoms with van der Waals surface area (Å²) in [6.45, 7) is 1.73. The summed E-state index contributed by atoms with van der Waals surface area (Å²) in [6, 6.07) is 0. The van der Waals surface area contributed by atoms with Crippen molar-refractivity contribution in [1.29, 1.82) is 0 Å². The number of amides is 1. The van der Waals surface area contributed by atoms with Gasteiger partial charge in [0.05, 0.1) is 0 Å². The minimum Gasteiger partial charge on any atom is -0.266 e. The van der Waals surface area contributed by atoms with Crippen LogP contribution in [0.15, 0.2) is 22.7 Å². The molecule has 0 aliphatic carbocycles. The van der Waals surface area contributed by atoms with Gasteiger partial charge in [0.15, 0.2) is 0 Å². The molecule has 1 aliphatic heterocycles. The van der Waals surface area contributed by atoms with Crippen molar-refractivity contribution in [3.05, 3.63) is 17.7 Å². The Labute approximate surface area is 47.2 Å². The fraction of sp³-hybridized carbons (Fsp3) is 0.167. The van der Waals surface area contributed by atoms with Crippen LogP contribution in [0.4, 0.5) is 0 Å². The second-order valence-corrected chi connectivity index (χ2v) is 1.56. The molecular weight excluding hydrogens is 102 g/mol. The lowest BCUT2D eigenvalue weighted by Gasteiger charge is -1.90. The second-order valence-electron chi connectivity index (χ2n) is 1.56. The Morgan fingerprint density at radius 1 is 1.75 bits per heavy atom. The lowest BCUT2D eigenvalue weighted by Crippen LogP contribution is -1.95. The maximum Gasteiger partial charge on any atom is 0.280 e. The molecule has 0 aromatic rings. The highest BCUT2D eigenvalue weighted by Crippen LogP contribution is 1.97. The third-order valence-electron chi connectivity index (χ3n) is 0.911. The monoisotopic (exact) mass is 107 g/mol. The fourth-order valence-corrected chi connectivity index (χ4v) is 0.418. The molecule has 0 fully saturated rings. The number of hydrogen-bond acceptors (Lipinski definition) is 1. The van der Waals surface area contributed by atoms with Crippen LogP contribution in [0.1, 0.15) is 6.92 Å². The second kappa shape index (κ2) is 1.76. The van der Waals surface area contributed by atoms with Crippen molar-refractivity contribution >= 4 is 11.8 Å². The number of rotatable bonds is 0. The molecule has 0 aromatic heterocycles. The van der Waals surface area contributed by atoms with E-state index >= 15 is 0 Å². The van der Waals surface area contributed by atoms with Gasteiger partial charge in [-0.2, -0.15) is 4.99 Å². The van der Waals surface area contributed by atoms with E-state index in [1.165, 1.54) is 0 Å². The highest BCUT2D eigenvalue weighted by atomic mass is 16.1. The van der Waals surface area contributed by atoms with Crippen molar-refractivity contribution in [2.24, 2.45) is 4.99 Å². The number of carbonyl (C=O) groups is 1. The molecule has 8 heavy (non-hydrogen) atoms. The summed E-state index contributed by atoms with van der Waals surface area (Å²) in [4.78, 5) is 13.9. The molecule has 1 heterocycles. The largest absolute Gasteiger partial charge is 0.280 e. The quantitative estimate of drug-likeness (QED) is 0.448. The lowest BCUT2D eigenvalue weighted by atomic mass is 10.2. The third kappa shape index (κ3) is 0.745. The summed E-state index contributed by atoms with van der Waals surface area (Å²) in [5.41, 5.74) is 0.670. The highest BCUT2D eigenvalue weighted by molar-refractivity contribution is 5.99. The first-order chi connectivity index (χ1) is 3.80. The molecule has 0 saturated carbocycles. The molecule has 0 atom stereocenters. The number of allylic oxidation sites excluding steroid dienone is 2. The fourth-order valence-electron chi connectivity index (χ4n) is 0.418. The van der Waals surface area contributed by atoms with Crippen LogP contribution in [0.2, 0.25) is 0 Å². The average molecular weight is 107 g/mol. The Morgan fingerprint density at radius 3 is 2.88 bits per heavy atom. The predicted octanol–water partition coefficient (Wildman–Crippen LogP) is 0.699. The van der Waals surface area contributed by atoms with Crippen LogP contribution < -0.4 is 0 Å². The summed E-state index contributed by atoms with van der Waals surface area (Å²) in [5, 5.41) is 0. The van der Waals surface area contributed by atoms with E-state index in [1.807, 2.05) is 0 Å². The molecule has 0 N–H and O–H groups in total. The first-order valence-corrected chi connectivity index (χ1v) is 2.31. The van der Waals surface area contributed by atoms with Crippen LogP contribution in [0.5, 0.6) is 0 Å². The summed E-state index contributed by atoms with van der Waals surface area (Å²) in [6.07, 6.45) is 3.31. The lowest BCUT2D eigenvalue weighted by molar-refractivity contribution is -0.114. The van der Waals surface area contributed by atoms with Crippen molar-refractivity contribution in [1.82, 2.24) is 0 Å². The maximum absolute atomic E-state index is 10.5. The van der Waals surface area contributed by atoms with Crippen molar-refractivity contribution in [3.8, 4) is 0 Å². The van der Waals surface area contributed by atoms with E-state index < -0.39 is 0 Å². The van der Waals surface area contributed by atoms with Crippen molar-refractivity contribution in [2.45, 2.75) is 6.92 Å². The van der Waals surface area contributed by atoms with Gasteiger partial charge in [0, 0.05) is 11.6 Å². The van der Waals surface area contributed by atoms with Gasteiger partial charge in [-0.1, -0.05) is 0 Å². The normalized spacial score (nSPS) is 16.6. The summed E-state index contributed by atoms with van der Waals surface area (Å²) >= 11 is 0. The molecule has 40 valence electrons. The van der Waals surface area contributed by atoms with Gasteiger partial charge in [0.25, 0.3) is 5.91 Å². The Hall–Kier alpha value is -1.14.